The Balaban J connectivity index is 1.80. The zero-order valence-corrected chi connectivity index (χ0v) is 15.2. The van der Waals surface area contributed by atoms with Crippen LogP contribution in [0.4, 0.5) is 0 Å². The Bertz CT molecular complexity index is 940. The highest BCUT2D eigenvalue weighted by molar-refractivity contribution is 6.30. The van der Waals surface area contributed by atoms with Crippen LogP contribution in [-0.2, 0) is 11.2 Å². The van der Waals surface area contributed by atoms with Crippen molar-refractivity contribution >= 4 is 23.4 Å². The number of aromatic nitrogens is 2. The van der Waals surface area contributed by atoms with E-state index in [1.807, 2.05) is 30.3 Å². The van der Waals surface area contributed by atoms with E-state index in [0.29, 0.717) is 28.3 Å². The van der Waals surface area contributed by atoms with Gasteiger partial charge in [-0.15, -0.1) is 0 Å². The van der Waals surface area contributed by atoms with Crippen LogP contribution in [0.1, 0.15) is 39.6 Å². The van der Waals surface area contributed by atoms with Gasteiger partial charge in [0.15, 0.2) is 0 Å². The van der Waals surface area contributed by atoms with Gasteiger partial charge in [-0.3, -0.25) is 14.7 Å². The second kappa shape index (κ2) is 8.51. The van der Waals surface area contributed by atoms with Crippen LogP contribution in [0.2, 0.25) is 5.02 Å². The molecule has 0 aliphatic heterocycles. The highest BCUT2D eigenvalue weighted by Crippen LogP contribution is 2.21. The molecule has 2 aromatic carbocycles. The highest BCUT2D eigenvalue weighted by atomic mass is 35.5. The first-order valence-corrected chi connectivity index (χ1v) is 8.81. The summed E-state index contributed by atoms with van der Waals surface area (Å²) in [6.07, 6.45) is 1.99. The van der Waals surface area contributed by atoms with E-state index in [2.05, 4.69) is 15.5 Å². The van der Waals surface area contributed by atoms with E-state index < -0.39 is 11.9 Å². The Morgan fingerprint density at radius 1 is 1.15 bits per heavy atom. The topological polar surface area (TPSA) is 101 Å². The second-order valence-corrected chi connectivity index (χ2v) is 6.61. The summed E-state index contributed by atoms with van der Waals surface area (Å²) in [7, 11) is 0. The van der Waals surface area contributed by atoms with Gasteiger partial charge < -0.3 is 11.1 Å². The lowest BCUT2D eigenvalue weighted by atomic mass is 10.0. The van der Waals surface area contributed by atoms with E-state index in [9.17, 15) is 9.59 Å². The molecular formula is C20H19ClN4O2. The van der Waals surface area contributed by atoms with Crippen LogP contribution in [0.25, 0.3) is 0 Å². The van der Waals surface area contributed by atoms with Crippen molar-refractivity contribution in [3.63, 3.8) is 0 Å². The second-order valence-electron chi connectivity index (χ2n) is 6.18. The SMILES string of the molecule is NC(=O)C[C@H](NC(=O)c1cn[nH]c1Cc1ccccc1)c1cccc(Cl)c1. The summed E-state index contributed by atoms with van der Waals surface area (Å²) in [5.41, 5.74) is 8.24. The molecule has 1 heterocycles. The standard InChI is InChI=1S/C20H19ClN4O2/c21-15-8-4-7-14(10-15)17(11-19(22)26)24-20(27)16-12-23-25-18(16)9-13-5-2-1-3-6-13/h1-8,10,12,17H,9,11H2,(H2,22,26)(H,23,25)(H,24,27)/t17-/m0/s1. The normalized spacial score (nSPS) is 11.7. The summed E-state index contributed by atoms with van der Waals surface area (Å²) < 4.78 is 0. The maximum Gasteiger partial charge on any atom is 0.255 e. The zero-order chi connectivity index (χ0) is 19.2. The molecule has 0 radical (unpaired) electrons. The first-order chi connectivity index (χ1) is 13.0. The van der Waals surface area contributed by atoms with Gasteiger partial charge in [0.1, 0.15) is 0 Å². The van der Waals surface area contributed by atoms with Gasteiger partial charge in [0.2, 0.25) is 5.91 Å². The number of nitrogens with two attached hydrogens (primary N) is 1. The van der Waals surface area contributed by atoms with Gasteiger partial charge in [-0.25, -0.2) is 0 Å². The van der Waals surface area contributed by atoms with Gasteiger partial charge in [-0.05, 0) is 23.3 Å². The first kappa shape index (κ1) is 18.7. The average molecular weight is 383 g/mol. The highest BCUT2D eigenvalue weighted by Gasteiger charge is 2.21. The number of nitrogens with one attached hydrogen (secondary N) is 2. The number of carbonyl (C=O) groups excluding carboxylic acids is 2. The van der Waals surface area contributed by atoms with Crippen LogP contribution in [0.5, 0.6) is 0 Å². The fraction of sp³-hybridized carbons (Fsp3) is 0.150. The number of hydrogen-bond donors (Lipinski definition) is 3. The van der Waals surface area contributed by atoms with E-state index in [1.165, 1.54) is 6.20 Å². The number of amides is 2. The maximum absolute atomic E-state index is 12.8. The molecular weight excluding hydrogens is 364 g/mol. The van der Waals surface area contributed by atoms with Crippen molar-refractivity contribution in [2.75, 3.05) is 0 Å². The van der Waals surface area contributed by atoms with Crippen molar-refractivity contribution in [2.24, 2.45) is 5.73 Å². The smallest absolute Gasteiger partial charge is 0.255 e. The van der Waals surface area contributed by atoms with Gasteiger partial charge in [-0.2, -0.15) is 5.10 Å². The minimum Gasteiger partial charge on any atom is -0.370 e. The lowest BCUT2D eigenvalue weighted by molar-refractivity contribution is -0.118. The Morgan fingerprint density at radius 2 is 1.93 bits per heavy atom. The summed E-state index contributed by atoms with van der Waals surface area (Å²) in [6.45, 7) is 0. The minimum atomic E-state index is -0.576. The Kier molecular flexibility index (Phi) is 5.88. The van der Waals surface area contributed by atoms with Gasteiger partial charge in [0.25, 0.3) is 5.91 Å². The molecule has 0 spiro atoms. The van der Waals surface area contributed by atoms with Crippen molar-refractivity contribution < 1.29 is 9.59 Å². The van der Waals surface area contributed by atoms with E-state index >= 15 is 0 Å². The number of primary amides is 1. The number of hydrogen-bond acceptors (Lipinski definition) is 3. The van der Waals surface area contributed by atoms with Crippen LogP contribution in [0, 0.1) is 0 Å². The molecule has 27 heavy (non-hydrogen) atoms. The maximum atomic E-state index is 12.8. The quantitative estimate of drug-likeness (QED) is 0.585. The molecule has 7 heteroatoms. The number of H-pyrrole nitrogens is 1. The van der Waals surface area contributed by atoms with Crippen molar-refractivity contribution in [3.05, 3.63) is 88.2 Å². The van der Waals surface area contributed by atoms with Crippen LogP contribution in [0.15, 0.2) is 60.8 Å². The molecule has 3 aromatic rings. The average Bonchev–Trinajstić information content (AvgIpc) is 3.10. The fourth-order valence-electron chi connectivity index (χ4n) is 2.86. The van der Waals surface area contributed by atoms with E-state index in [0.717, 1.165) is 5.56 Å². The number of nitrogens with zero attached hydrogens (tertiary/aromatic N) is 1. The van der Waals surface area contributed by atoms with Crippen LogP contribution in [-0.4, -0.2) is 22.0 Å². The molecule has 0 aliphatic carbocycles. The first-order valence-electron chi connectivity index (χ1n) is 8.43. The van der Waals surface area contributed by atoms with E-state index in [1.54, 1.807) is 24.3 Å². The molecule has 4 N–H and O–H groups in total. The van der Waals surface area contributed by atoms with Crippen LogP contribution >= 0.6 is 11.6 Å². The lowest BCUT2D eigenvalue weighted by Crippen LogP contribution is -2.32. The Labute approximate surface area is 161 Å². The molecule has 0 unspecified atom stereocenters. The zero-order valence-electron chi connectivity index (χ0n) is 14.5. The summed E-state index contributed by atoms with van der Waals surface area (Å²) >= 11 is 6.03. The Hall–Kier alpha value is -3.12. The number of carbonyl (C=O) groups is 2. The molecule has 1 atom stereocenters. The van der Waals surface area contributed by atoms with E-state index in [-0.39, 0.29) is 12.3 Å². The van der Waals surface area contributed by atoms with Crippen molar-refractivity contribution in [1.82, 2.24) is 15.5 Å². The molecule has 0 aliphatic rings. The van der Waals surface area contributed by atoms with Crippen molar-refractivity contribution in [3.8, 4) is 0 Å². The summed E-state index contributed by atoms with van der Waals surface area (Å²) in [5.74, 6) is -0.849. The lowest BCUT2D eigenvalue weighted by Gasteiger charge is -2.18. The molecule has 0 bridgehead atoms. The monoisotopic (exact) mass is 382 g/mol. The van der Waals surface area contributed by atoms with Gasteiger partial charge in [0, 0.05) is 11.4 Å². The Morgan fingerprint density at radius 3 is 2.63 bits per heavy atom. The molecule has 3 rings (SSSR count). The van der Waals surface area contributed by atoms with Gasteiger partial charge in [0.05, 0.1) is 29.9 Å². The third-order valence-electron chi connectivity index (χ3n) is 4.15. The van der Waals surface area contributed by atoms with Gasteiger partial charge in [-0.1, -0.05) is 54.1 Å². The molecule has 1 aromatic heterocycles. The molecule has 2 amide bonds. The molecule has 0 fully saturated rings. The summed E-state index contributed by atoms with van der Waals surface area (Å²) in [4.78, 5) is 24.3. The molecule has 6 nitrogen and oxygen atoms in total. The molecule has 138 valence electrons. The number of halogens is 1. The summed E-state index contributed by atoms with van der Waals surface area (Å²) in [6, 6.07) is 16.2. The van der Waals surface area contributed by atoms with E-state index in [4.69, 9.17) is 17.3 Å². The predicted octanol–water partition coefficient (Wildman–Crippen LogP) is 3.00. The van der Waals surface area contributed by atoms with Gasteiger partial charge >= 0.3 is 0 Å². The third kappa shape index (κ3) is 4.95. The molecule has 0 saturated carbocycles. The van der Waals surface area contributed by atoms with Crippen molar-refractivity contribution in [1.29, 1.82) is 0 Å². The predicted molar refractivity (Wildman–Crippen MR) is 103 cm³/mol. The van der Waals surface area contributed by atoms with Crippen LogP contribution < -0.4 is 11.1 Å². The summed E-state index contributed by atoms with van der Waals surface area (Å²) in [5, 5.41) is 10.3. The number of rotatable bonds is 7. The van der Waals surface area contributed by atoms with Crippen molar-refractivity contribution in [2.45, 2.75) is 18.9 Å². The molecule has 0 saturated heterocycles. The third-order valence-corrected chi connectivity index (χ3v) is 4.38. The number of benzene rings is 2. The minimum absolute atomic E-state index is 0.0298. The largest absolute Gasteiger partial charge is 0.370 e. The van der Waals surface area contributed by atoms with Crippen LogP contribution in [0.3, 0.4) is 0 Å². The fourth-order valence-corrected chi connectivity index (χ4v) is 3.05. The number of aromatic amines is 1.